The molecule has 0 radical (unpaired) electrons. The minimum Gasteiger partial charge on any atom is -0.365 e. The number of benzene rings is 1. The molecule has 0 atom stereocenters. The lowest BCUT2D eigenvalue weighted by atomic mass is 10.1. The van der Waals surface area contributed by atoms with E-state index < -0.39 is 0 Å². The highest BCUT2D eigenvalue weighted by Crippen LogP contribution is 2.04. The first-order chi connectivity index (χ1) is 9.13. The molecule has 1 heterocycles. The second kappa shape index (κ2) is 6.23. The fraction of sp³-hybridized carbons (Fsp3) is 0.312. The molecule has 3 heteroatoms. The van der Waals surface area contributed by atoms with E-state index in [0.717, 1.165) is 17.7 Å². The summed E-state index contributed by atoms with van der Waals surface area (Å²) in [6, 6.07) is 10.4. The maximum Gasteiger partial charge on any atom is 0.224 e. The van der Waals surface area contributed by atoms with Crippen LogP contribution >= 0.6 is 0 Å². The number of hydrogen-bond acceptors (Lipinski definition) is 1. The highest BCUT2D eigenvalue weighted by atomic mass is 16.1. The van der Waals surface area contributed by atoms with Crippen molar-refractivity contribution in [2.45, 2.75) is 26.7 Å². The second-order valence-corrected chi connectivity index (χ2v) is 4.95. The molecule has 1 aromatic heterocycles. The molecule has 2 aromatic rings. The van der Waals surface area contributed by atoms with Gasteiger partial charge in [0.15, 0.2) is 0 Å². The van der Waals surface area contributed by atoms with E-state index in [4.69, 9.17) is 0 Å². The fourth-order valence-electron chi connectivity index (χ4n) is 2.02. The van der Waals surface area contributed by atoms with Crippen LogP contribution in [0.25, 0.3) is 0 Å². The summed E-state index contributed by atoms with van der Waals surface area (Å²) in [5, 5.41) is 2.95. The first kappa shape index (κ1) is 13.4. The molecular weight excluding hydrogens is 236 g/mol. The van der Waals surface area contributed by atoms with Crippen molar-refractivity contribution in [3.8, 4) is 0 Å². The highest BCUT2D eigenvalue weighted by Gasteiger charge is 2.04. The Kier molecular flexibility index (Phi) is 4.39. The van der Waals surface area contributed by atoms with Crippen LogP contribution in [0.4, 0.5) is 0 Å². The molecule has 0 saturated carbocycles. The number of carbonyl (C=O) groups excluding carboxylic acids is 1. The Morgan fingerprint density at radius 1 is 1.16 bits per heavy atom. The minimum atomic E-state index is 0.0751. The Balaban J connectivity index is 1.73. The first-order valence-electron chi connectivity index (χ1n) is 6.59. The van der Waals surface area contributed by atoms with Crippen molar-refractivity contribution >= 4 is 5.91 Å². The van der Waals surface area contributed by atoms with E-state index in [9.17, 15) is 4.79 Å². The highest BCUT2D eigenvalue weighted by molar-refractivity contribution is 5.78. The number of nitrogens with one attached hydrogen (secondary N) is 2. The van der Waals surface area contributed by atoms with Gasteiger partial charge < -0.3 is 10.3 Å². The van der Waals surface area contributed by atoms with E-state index >= 15 is 0 Å². The van der Waals surface area contributed by atoms with E-state index in [2.05, 4.69) is 41.5 Å². The molecule has 100 valence electrons. The monoisotopic (exact) mass is 256 g/mol. The molecule has 0 aliphatic carbocycles. The smallest absolute Gasteiger partial charge is 0.224 e. The molecule has 1 amide bonds. The van der Waals surface area contributed by atoms with Gasteiger partial charge in [-0.2, -0.15) is 0 Å². The molecule has 0 unspecified atom stereocenters. The Labute approximate surface area is 114 Å². The summed E-state index contributed by atoms with van der Waals surface area (Å²) in [5.41, 5.74) is 4.63. The van der Waals surface area contributed by atoms with Gasteiger partial charge in [-0.3, -0.25) is 4.79 Å². The SMILES string of the molecule is Cc1ccc(CCNC(=O)Cc2c[nH]c(C)c2)cc1. The molecule has 0 aliphatic rings. The average molecular weight is 256 g/mol. The van der Waals surface area contributed by atoms with Crippen LogP contribution in [-0.2, 0) is 17.6 Å². The molecule has 0 bridgehead atoms. The Morgan fingerprint density at radius 3 is 2.53 bits per heavy atom. The number of aromatic nitrogens is 1. The number of amides is 1. The van der Waals surface area contributed by atoms with Crippen molar-refractivity contribution in [1.82, 2.24) is 10.3 Å². The van der Waals surface area contributed by atoms with Gasteiger partial charge in [0.05, 0.1) is 6.42 Å². The zero-order chi connectivity index (χ0) is 13.7. The van der Waals surface area contributed by atoms with E-state index in [1.807, 2.05) is 19.2 Å². The molecule has 2 rings (SSSR count). The lowest BCUT2D eigenvalue weighted by molar-refractivity contribution is -0.120. The number of aromatic amines is 1. The summed E-state index contributed by atoms with van der Waals surface area (Å²) in [7, 11) is 0. The number of rotatable bonds is 5. The molecular formula is C16H20N2O. The minimum absolute atomic E-state index is 0.0751. The Hall–Kier alpha value is -2.03. The molecule has 19 heavy (non-hydrogen) atoms. The predicted molar refractivity (Wildman–Crippen MR) is 77.1 cm³/mol. The number of carbonyl (C=O) groups is 1. The first-order valence-corrected chi connectivity index (χ1v) is 6.59. The number of aryl methyl sites for hydroxylation is 2. The van der Waals surface area contributed by atoms with Crippen LogP contribution in [0.15, 0.2) is 36.5 Å². The van der Waals surface area contributed by atoms with E-state index in [-0.39, 0.29) is 5.91 Å². The van der Waals surface area contributed by atoms with Crippen molar-refractivity contribution in [1.29, 1.82) is 0 Å². The maximum atomic E-state index is 11.7. The van der Waals surface area contributed by atoms with Crippen LogP contribution in [0.1, 0.15) is 22.4 Å². The molecule has 0 saturated heterocycles. The summed E-state index contributed by atoms with van der Waals surface area (Å²) in [5.74, 6) is 0.0751. The van der Waals surface area contributed by atoms with Crippen molar-refractivity contribution in [3.63, 3.8) is 0 Å². The molecule has 0 fully saturated rings. The molecule has 3 nitrogen and oxygen atoms in total. The summed E-state index contributed by atoms with van der Waals surface area (Å²) >= 11 is 0. The topological polar surface area (TPSA) is 44.9 Å². The fourth-order valence-corrected chi connectivity index (χ4v) is 2.02. The van der Waals surface area contributed by atoms with Gasteiger partial charge in [-0.15, -0.1) is 0 Å². The van der Waals surface area contributed by atoms with Gasteiger partial charge in [0.2, 0.25) is 5.91 Å². The molecule has 0 spiro atoms. The van der Waals surface area contributed by atoms with Crippen molar-refractivity contribution in [2.24, 2.45) is 0 Å². The van der Waals surface area contributed by atoms with Gasteiger partial charge in [0, 0.05) is 18.4 Å². The zero-order valence-electron chi connectivity index (χ0n) is 11.5. The summed E-state index contributed by atoms with van der Waals surface area (Å²) in [6.45, 7) is 4.74. The summed E-state index contributed by atoms with van der Waals surface area (Å²) < 4.78 is 0. The van der Waals surface area contributed by atoms with Gasteiger partial charge in [-0.25, -0.2) is 0 Å². The van der Waals surface area contributed by atoms with Crippen LogP contribution in [0, 0.1) is 13.8 Å². The third kappa shape index (κ3) is 4.28. The summed E-state index contributed by atoms with van der Waals surface area (Å²) in [4.78, 5) is 14.8. The van der Waals surface area contributed by atoms with Gasteiger partial charge in [0.25, 0.3) is 0 Å². The lowest BCUT2D eigenvalue weighted by Gasteiger charge is -2.05. The van der Waals surface area contributed by atoms with Crippen molar-refractivity contribution in [2.75, 3.05) is 6.54 Å². The molecule has 0 aliphatic heterocycles. The summed E-state index contributed by atoms with van der Waals surface area (Å²) in [6.07, 6.45) is 3.20. The maximum absolute atomic E-state index is 11.7. The van der Waals surface area contributed by atoms with Crippen LogP contribution < -0.4 is 5.32 Å². The van der Waals surface area contributed by atoms with Crippen LogP contribution in [0.3, 0.4) is 0 Å². The lowest BCUT2D eigenvalue weighted by Crippen LogP contribution is -2.27. The third-order valence-electron chi connectivity index (χ3n) is 3.11. The zero-order valence-corrected chi connectivity index (χ0v) is 11.5. The molecule has 1 aromatic carbocycles. The average Bonchev–Trinajstić information content (AvgIpc) is 2.77. The Bertz CT molecular complexity index is 540. The van der Waals surface area contributed by atoms with Crippen molar-refractivity contribution < 1.29 is 4.79 Å². The van der Waals surface area contributed by atoms with Gasteiger partial charge >= 0.3 is 0 Å². The van der Waals surface area contributed by atoms with Crippen LogP contribution in [0.5, 0.6) is 0 Å². The standard InChI is InChI=1S/C16H20N2O/c1-12-3-5-14(6-4-12)7-8-17-16(19)10-15-9-13(2)18-11-15/h3-6,9,11,18H,7-8,10H2,1-2H3,(H,17,19). The van der Waals surface area contributed by atoms with Gasteiger partial charge in [-0.05, 0) is 37.5 Å². The van der Waals surface area contributed by atoms with Crippen LogP contribution in [0.2, 0.25) is 0 Å². The Morgan fingerprint density at radius 2 is 1.89 bits per heavy atom. The van der Waals surface area contributed by atoms with E-state index in [1.54, 1.807) is 0 Å². The quantitative estimate of drug-likeness (QED) is 0.848. The van der Waals surface area contributed by atoms with Gasteiger partial charge in [0.1, 0.15) is 0 Å². The van der Waals surface area contributed by atoms with Gasteiger partial charge in [-0.1, -0.05) is 29.8 Å². The van der Waals surface area contributed by atoms with Crippen LogP contribution in [-0.4, -0.2) is 17.4 Å². The largest absolute Gasteiger partial charge is 0.365 e. The normalized spacial score (nSPS) is 10.4. The van der Waals surface area contributed by atoms with E-state index in [0.29, 0.717) is 13.0 Å². The number of hydrogen-bond donors (Lipinski definition) is 2. The van der Waals surface area contributed by atoms with E-state index in [1.165, 1.54) is 11.1 Å². The van der Waals surface area contributed by atoms with Crippen molar-refractivity contribution in [3.05, 3.63) is 58.9 Å². The second-order valence-electron chi connectivity index (χ2n) is 4.95. The molecule has 2 N–H and O–H groups in total. The third-order valence-corrected chi connectivity index (χ3v) is 3.11. The number of H-pyrrole nitrogens is 1. The predicted octanol–water partition coefficient (Wildman–Crippen LogP) is 2.53.